The van der Waals surface area contributed by atoms with E-state index in [0.29, 0.717) is 19.6 Å². The topological polar surface area (TPSA) is 67.2 Å². The van der Waals surface area contributed by atoms with Crippen LogP contribution in [0.2, 0.25) is 0 Å². The Kier molecular flexibility index (Phi) is 6.96. The molecule has 132 valence electrons. The molecule has 0 aliphatic carbocycles. The van der Waals surface area contributed by atoms with Gasteiger partial charge < -0.3 is 4.57 Å². The van der Waals surface area contributed by atoms with Crippen LogP contribution in [0, 0.1) is 0 Å². The summed E-state index contributed by atoms with van der Waals surface area (Å²) in [6.45, 7) is 6.08. The lowest BCUT2D eigenvalue weighted by molar-refractivity contribution is 0.401. The first-order valence-corrected chi connectivity index (χ1v) is 9.77. The fourth-order valence-electron chi connectivity index (χ4n) is 2.55. The van der Waals surface area contributed by atoms with Crippen molar-refractivity contribution in [2.45, 2.75) is 39.8 Å². The lowest BCUT2D eigenvalue weighted by Crippen LogP contribution is -2.41. The molecule has 0 saturated carbocycles. The van der Waals surface area contributed by atoms with Crippen LogP contribution in [0.4, 0.5) is 0 Å². The average molecular weight is 350 g/mol. The highest BCUT2D eigenvalue weighted by molar-refractivity contribution is 7.87. The van der Waals surface area contributed by atoms with Crippen molar-refractivity contribution in [3.8, 4) is 0 Å². The molecule has 0 spiro atoms. The molecule has 0 saturated heterocycles. The van der Waals surface area contributed by atoms with Gasteiger partial charge in [0.15, 0.2) is 0 Å². The Bertz CT molecular complexity index is 708. The van der Waals surface area contributed by atoms with Gasteiger partial charge in [0.25, 0.3) is 10.2 Å². The van der Waals surface area contributed by atoms with Crippen LogP contribution in [0.25, 0.3) is 0 Å². The fourth-order valence-corrected chi connectivity index (χ4v) is 3.92. The summed E-state index contributed by atoms with van der Waals surface area (Å²) in [4.78, 5) is 4.03. The van der Waals surface area contributed by atoms with Gasteiger partial charge in [0.1, 0.15) is 0 Å². The van der Waals surface area contributed by atoms with E-state index in [1.807, 2.05) is 48.9 Å². The smallest absolute Gasteiger partial charge is 0.279 e. The van der Waals surface area contributed by atoms with Gasteiger partial charge >= 0.3 is 0 Å². The van der Waals surface area contributed by atoms with Crippen LogP contribution in [-0.2, 0) is 23.3 Å². The lowest BCUT2D eigenvalue weighted by atomic mass is 10.1. The summed E-state index contributed by atoms with van der Waals surface area (Å²) in [6, 6.07) is 7.93. The molecule has 0 aliphatic heterocycles. The second-order valence-electron chi connectivity index (χ2n) is 5.78. The van der Waals surface area contributed by atoms with Crippen LogP contribution in [0.15, 0.2) is 43.0 Å². The standard InChI is InChI=1S/C17H26N4O2S/c1-3-9-21(10-4-2)24(22,23)19-13-16-6-5-7-17(12-16)14-20-11-8-18-15-20/h5-8,11-12,15,19H,3-4,9-10,13-14H2,1-2H3. The van der Waals surface area contributed by atoms with Crippen molar-refractivity contribution in [3.63, 3.8) is 0 Å². The molecule has 1 heterocycles. The van der Waals surface area contributed by atoms with Crippen LogP contribution in [0.5, 0.6) is 0 Å². The van der Waals surface area contributed by atoms with Crippen LogP contribution in [0.1, 0.15) is 37.8 Å². The molecule has 0 radical (unpaired) electrons. The van der Waals surface area contributed by atoms with E-state index in [4.69, 9.17) is 0 Å². The number of nitrogens with zero attached hydrogens (tertiary/aromatic N) is 3. The molecule has 6 nitrogen and oxygen atoms in total. The Morgan fingerprint density at radius 3 is 2.50 bits per heavy atom. The highest BCUT2D eigenvalue weighted by Gasteiger charge is 2.19. The van der Waals surface area contributed by atoms with Crippen molar-refractivity contribution in [3.05, 3.63) is 54.1 Å². The van der Waals surface area contributed by atoms with Gasteiger partial charge in [-0.05, 0) is 24.0 Å². The first kappa shape index (κ1) is 18.6. The first-order valence-electron chi connectivity index (χ1n) is 8.33. The monoisotopic (exact) mass is 350 g/mol. The number of imidazole rings is 1. The maximum atomic E-state index is 12.4. The van der Waals surface area contributed by atoms with Crippen molar-refractivity contribution in [2.75, 3.05) is 13.1 Å². The number of benzene rings is 1. The second kappa shape index (κ2) is 8.96. The van der Waals surface area contributed by atoms with E-state index in [2.05, 4.69) is 9.71 Å². The minimum Gasteiger partial charge on any atom is -0.333 e. The van der Waals surface area contributed by atoms with Crippen molar-refractivity contribution in [2.24, 2.45) is 0 Å². The third kappa shape index (κ3) is 5.43. The van der Waals surface area contributed by atoms with Gasteiger partial charge in [-0.2, -0.15) is 17.4 Å². The SMILES string of the molecule is CCCN(CCC)S(=O)(=O)NCc1cccc(Cn2ccnc2)c1. The highest BCUT2D eigenvalue weighted by Crippen LogP contribution is 2.09. The maximum Gasteiger partial charge on any atom is 0.279 e. The molecular formula is C17H26N4O2S. The van der Waals surface area contributed by atoms with Crippen LogP contribution in [0.3, 0.4) is 0 Å². The van der Waals surface area contributed by atoms with Gasteiger partial charge in [0.05, 0.1) is 6.33 Å². The van der Waals surface area contributed by atoms with Crippen LogP contribution < -0.4 is 4.72 Å². The van der Waals surface area contributed by atoms with E-state index in [1.165, 1.54) is 4.31 Å². The molecular weight excluding hydrogens is 324 g/mol. The summed E-state index contributed by atoms with van der Waals surface area (Å²) < 4.78 is 31.1. The minimum atomic E-state index is -3.44. The van der Waals surface area contributed by atoms with Gasteiger partial charge in [-0.15, -0.1) is 0 Å². The summed E-state index contributed by atoms with van der Waals surface area (Å²) in [5.41, 5.74) is 2.06. The van der Waals surface area contributed by atoms with Gasteiger partial charge in [-0.1, -0.05) is 38.1 Å². The summed E-state index contributed by atoms with van der Waals surface area (Å²) in [7, 11) is -3.44. The Labute approximate surface area is 144 Å². The molecule has 0 amide bonds. The van der Waals surface area contributed by atoms with Gasteiger partial charge in [-0.3, -0.25) is 0 Å². The first-order chi connectivity index (χ1) is 11.5. The van der Waals surface area contributed by atoms with E-state index in [9.17, 15) is 8.42 Å². The van der Waals surface area contributed by atoms with E-state index in [-0.39, 0.29) is 0 Å². The summed E-state index contributed by atoms with van der Waals surface area (Å²) in [5, 5.41) is 0. The summed E-state index contributed by atoms with van der Waals surface area (Å²) in [5.74, 6) is 0. The zero-order valence-corrected chi connectivity index (χ0v) is 15.2. The van der Waals surface area contributed by atoms with Crippen molar-refractivity contribution in [1.82, 2.24) is 18.6 Å². The molecule has 0 unspecified atom stereocenters. The van der Waals surface area contributed by atoms with E-state index in [0.717, 1.165) is 30.5 Å². The van der Waals surface area contributed by atoms with E-state index in [1.54, 1.807) is 12.5 Å². The Hall–Kier alpha value is -1.70. The molecule has 0 atom stereocenters. The van der Waals surface area contributed by atoms with Gasteiger partial charge in [-0.25, -0.2) is 4.98 Å². The Morgan fingerprint density at radius 2 is 1.88 bits per heavy atom. The molecule has 24 heavy (non-hydrogen) atoms. The van der Waals surface area contributed by atoms with Crippen molar-refractivity contribution < 1.29 is 8.42 Å². The zero-order valence-electron chi connectivity index (χ0n) is 14.4. The highest BCUT2D eigenvalue weighted by atomic mass is 32.2. The molecule has 2 rings (SSSR count). The maximum absolute atomic E-state index is 12.4. The third-order valence-corrected chi connectivity index (χ3v) is 5.21. The number of nitrogens with one attached hydrogen (secondary N) is 1. The second-order valence-corrected chi connectivity index (χ2v) is 7.54. The molecule has 2 aromatic rings. The number of hydrogen-bond acceptors (Lipinski definition) is 3. The molecule has 0 bridgehead atoms. The number of hydrogen-bond donors (Lipinski definition) is 1. The van der Waals surface area contributed by atoms with Crippen molar-refractivity contribution in [1.29, 1.82) is 0 Å². The van der Waals surface area contributed by atoms with Gasteiger partial charge in [0, 0.05) is 38.6 Å². The number of aromatic nitrogens is 2. The molecule has 1 N–H and O–H groups in total. The zero-order chi connectivity index (χ0) is 17.4. The third-order valence-electron chi connectivity index (χ3n) is 3.66. The quantitative estimate of drug-likeness (QED) is 0.715. The van der Waals surface area contributed by atoms with Gasteiger partial charge in [0.2, 0.25) is 0 Å². The fraction of sp³-hybridized carbons (Fsp3) is 0.471. The van der Waals surface area contributed by atoms with E-state index < -0.39 is 10.2 Å². The Balaban J connectivity index is 2.00. The average Bonchev–Trinajstić information content (AvgIpc) is 3.06. The summed E-state index contributed by atoms with van der Waals surface area (Å²) in [6.07, 6.45) is 7.03. The summed E-state index contributed by atoms with van der Waals surface area (Å²) >= 11 is 0. The largest absolute Gasteiger partial charge is 0.333 e. The molecule has 0 aliphatic rings. The lowest BCUT2D eigenvalue weighted by Gasteiger charge is -2.21. The molecule has 1 aromatic carbocycles. The molecule has 1 aromatic heterocycles. The van der Waals surface area contributed by atoms with E-state index >= 15 is 0 Å². The van der Waals surface area contributed by atoms with Crippen LogP contribution in [-0.4, -0.2) is 35.4 Å². The minimum absolute atomic E-state index is 0.296. The Morgan fingerprint density at radius 1 is 1.17 bits per heavy atom. The van der Waals surface area contributed by atoms with Crippen LogP contribution >= 0.6 is 0 Å². The predicted octanol–water partition coefficient (Wildman–Crippen LogP) is 2.39. The predicted molar refractivity (Wildman–Crippen MR) is 95.7 cm³/mol. The normalized spacial score (nSPS) is 12.0. The number of rotatable bonds is 10. The molecule has 7 heteroatoms. The molecule has 0 fully saturated rings. The van der Waals surface area contributed by atoms with Crippen molar-refractivity contribution >= 4 is 10.2 Å².